The standard InChI is InChI=1S/C24H24N6O5/c1-34-22-5-3-16-23(28-22)17(6-7-25-16)27-24(33)30-10-8-29(9-11-30)13-19(31)15-2-4-20-18(12-15)26-21(32)14-35-20/h2-7,12H,8-11,13-14H2,1H3,(H,26,32)(H,25,27,33). The molecule has 2 aliphatic rings. The van der Waals surface area contributed by atoms with Gasteiger partial charge in [-0.1, -0.05) is 0 Å². The third-order valence-corrected chi connectivity index (χ3v) is 5.97. The molecule has 0 radical (unpaired) electrons. The number of anilines is 2. The lowest BCUT2D eigenvalue weighted by Gasteiger charge is -2.34. The number of methoxy groups -OCH3 is 1. The van der Waals surface area contributed by atoms with Crippen LogP contribution in [0.2, 0.25) is 0 Å². The zero-order valence-corrected chi connectivity index (χ0v) is 19.1. The Labute approximate surface area is 201 Å². The van der Waals surface area contributed by atoms with Crippen molar-refractivity contribution in [3.63, 3.8) is 0 Å². The number of hydrogen-bond acceptors (Lipinski definition) is 8. The van der Waals surface area contributed by atoms with Crippen LogP contribution in [-0.2, 0) is 4.79 Å². The van der Waals surface area contributed by atoms with Crippen LogP contribution < -0.4 is 20.1 Å². The summed E-state index contributed by atoms with van der Waals surface area (Å²) >= 11 is 0. The van der Waals surface area contributed by atoms with E-state index < -0.39 is 0 Å². The Morgan fingerprint density at radius 3 is 2.77 bits per heavy atom. The molecule has 1 aromatic carbocycles. The maximum Gasteiger partial charge on any atom is 0.321 e. The van der Waals surface area contributed by atoms with Crippen molar-refractivity contribution < 1.29 is 23.9 Å². The van der Waals surface area contributed by atoms with Gasteiger partial charge in [0.15, 0.2) is 12.4 Å². The summed E-state index contributed by atoms with van der Waals surface area (Å²) in [5.74, 6) is 0.685. The lowest BCUT2D eigenvalue weighted by molar-refractivity contribution is -0.118. The van der Waals surface area contributed by atoms with Crippen molar-refractivity contribution in [2.75, 3.05) is 57.1 Å². The number of carbonyl (C=O) groups excluding carboxylic acids is 3. The normalized spacial score (nSPS) is 15.7. The van der Waals surface area contributed by atoms with Gasteiger partial charge < -0.3 is 25.0 Å². The van der Waals surface area contributed by atoms with Gasteiger partial charge in [-0.15, -0.1) is 0 Å². The van der Waals surface area contributed by atoms with Gasteiger partial charge in [0, 0.05) is 44.0 Å². The molecule has 180 valence electrons. The van der Waals surface area contributed by atoms with E-state index in [0.717, 1.165) is 0 Å². The zero-order chi connectivity index (χ0) is 24.4. The van der Waals surface area contributed by atoms with Gasteiger partial charge >= 0.3 is 6.03 Å². The number of aromatic nitrogens is 2. The number of hydrogen-bond donors (Lipinski definition) is 2. The first-order valence-electron chi connectivity index (χ1n) is 11.2. The zero-order valence-electron chi connectivity index (χ0n) is 19.1. The minimum Gasteiger partial charge on any atom is -0.482 e. The fourth-order valence-corrected chi connectivity index (χ4v) is 4.08. The first-order valence-corrected chi connectivity index (χ1v) is 11.2. The summed E-state index contributed by atoms with van der Waals surface area (Å²) in [5, 5.41) is 5.64. The molecule has 0 bridgehead atoms. The van der Waals surface area contributed by atoms with Crippen LogP contribution in [0.5, 0.6) is 11.6 Å². The molecule has 0 atom stereocenters. The molecule has 2 aromatic heterocycles. The topological polar surface area (TPSA) is 126 Å². The number of fused-ring (bicyclic) bond motifs is 2. The molecular formula is C24H24N6O5. The Kier molecular flexibility index (Phi) is 6.15. The van der Waals surface area contributed by atoms with Gasteiger partial charge in [-0.3, -0.25) is 19.5 Å². The SMILES string of the molecule is COc1ccc2nccc(NC(=O)N3CCN(CC(=O)c4ccc5c(c4)NC(=O)CO5)CC3)c2n1. The lowest BCUT2D eigenvalue weighted by atomic mass is 10.1. The summed E-state index contributed by atoms with van der Waals surface area (Å²) in [6.07, 6.45) is 1.62. The van der Waals surface area contributed by atoms with Crippen molar-refractivity contribution in [2.24, 2.45) is 0 Å². The van der Waals surface area contributed by atoms with Gasteiger partial charge in [-0.2, -0.15) is 0 Å². The third-order valence-electron chi connectivity index (χ3n) is 5.97. The maximum atomic E-state index is 12.9. The second kappa shape index (κ2) is 9.55. The molecule has 11 heteroatoms. The van der Waals surface area contributed by atoms with E-state index >= 15 is 0 Å². The number of nitrogens with one attached hydrogen (secondary N) is 2. The predicted octanol–water partition coefficient (Wildman–Crippen LogP) is 2.00. The average molecular weight is 476 g/mol. The molecule has 35 heavy (non-hydrogen) atoms. The van der Waals surface area contributed by atoms with Gasteiger partial charge in [-0.25, -0.2) is 9.78 Å². The number of piperazine rings is 1. The summed E-state index contributed by atoms with van der Waals surface area (Å²) in [5.41, 5.74) is 2.77. The summed E-state index contributed by atoms with van der Waals surface area (Å²) < 4.78 is 10.5. The van der Waals surface area contributed by atoms with Gasteiger partial charge in [-0.05, 0) is 30.3 Å². The minimum atomic E-state index is -0.244. The second-order valence-corrected chi connectivity index (χ2v) is 8.24. The highest BCUT2D eigenvalue weighted by Gasteiger charge is 2.24. The quantitative estimate of drug-likeness (QED) is 0.536. The van der Waals surface area contributed by atoms with Gasteiger partial charge in [0.1, 0.15) is 11.3 Å². The summed E-state index contributed by atoms with van der Waals surface area (Å²) in [7, 11) is 1.53. The number of benzene rings is 1. The highest BCUT2D eigenvalue weighted by atomic mass is 16.5. The number of rotatable bonds is 5. The number of amides is 3. The smallest absolute Gasteiger partial charge is 0.321 e. The molecule has 0 spiro atoms. The van der Waals surface area contributed by atoms with Gasteiger partial charge in [0.2, 0.25) is 5.88 Å². The molecule has 11 nitrogen and oxygen atoms in total. The first-order chi connectivity index (χ1) is 17.0. The highest BCUT2D eigenvalue weighted by Crippen LogP contribution is 2.29. The van der Waals surface area contributed by atoms with Crippen LogP contribution in [0.15, 0.2) is 42.6 Å². The van der Waals surface area contributed by atoms with E-state index in [2.05, 4.69) is 20.6 Å². The van der Waals surface area contributed by atoms with Crippen LogP contribution in [-0.4, -0.2) is 83.9 Å². The lowest BCUT2D eigenvalue weighted by Crippen LogP contribution is -2.51. The van der Waals surface area contributed by atoms with Crippen LogP contribution in [0.25, 0.3) is 11.0 Å². The number of ether oxygens (including phenoxy) is 2. The number of urea groups is 1. The van der Waals surface area contributed by atoms with Crippen molar-refractivity contribution in [1.29, 1.82) is 0 Å². The molecule has 0 aliphatic carbocycles. The molecule has 0 unspecified atom stereocenters. The maximum absolute atomic E-state index is 12.9. The Hall–Kier alpha value is -4.25. The van der Waals surface area contributed by atoms with E-state index in [1.54, 1.807) is 47.5 Å². The molecule has 3 amide bonds. The second-order valence-electron chi connectivity index (χ2n) is 8.24. The van der Waals surface area contributed by atoms with E-state index in [4.69, 9.17) is 9.47 Å². The summed E-state index contributed by atoms with van der Waals surface area (Å²) in [6, 6.07) is 10.0. The fraction of sp³-hybridized carbons (Fsp3) is 0.292. The van der Waals surface area contributed by atoms with Crippen LogP contribution in [0, 0.1) is 0 Å². The molecule has 4 heterocycles. The van der Waals surface area contributed by atoms with Crippen LogP contribution in [0.3, 0.4) is 0 Å². The molecule has 1 saturated heterocycles. The Bertz CT molecular complexity index is 1300. The molecule has 2 aliphatic heterocycles. The van der Waals surface area contributed by atoms with Crippen LogP contribution >= 0.6 is 0 Å². The summed E-state index contributed by atoms with van der Waals surface area (Å²) in [4.78, 5) is 49.6. The largest absolute Gasteiger partial charge is 0.482 e. The average Bonchev–Trinajstić information content (AvgIpc) is 2.88. The minimum absolute atomic E-state index is 0.0275. The van der Waals surface area contributed by atoms with Crippen molar-refractivity contribution in [3.05, 3.63) is 48.2 Å². The molecule has 1 fully saturated rings. The number of Topliss-reactive ketones (excluding diaryl/α,β-unsaturated/α-hetero) is 1. The molecule has 3 aromatic rings. The van der Waals surface area contributed by atoms with Crippen molar-refractivity contribution in [2.45, 2.75) is 0 Å². The molecule has 0 saturated carbocycles. The number of pyridine rings is 2. The summed E-state index contributed by atoms with van der Waals surface area (Å²) in [6.45, 7) is 2.28. The van der Waals surface area contributed by atoms with Crippen molar-refractivity contribution >= 4 is 40.1 Å². The van der Waals surface area contributed by atoms with E-state index in [1.807, 2.05) is 4.90 Å². The Balaban J connectivity index is 1.18. The first kappa shape index (κ1) is 22.5. The van der Waals surface area contributed by atoms with E-state index in [1.165, 1.54) is 7.11 Å². The van der Waals surface area contributed by atoms with E-state index in [9.17, 15) is 14.4 Å². The van der Waals surface area contributed by atoms with Crippen LogP contribution in [0.1, 0.15) is 10.4 Å². The monoisotopic (exact) mass is 476 g/mol. The fourth-order valence-electron chi connectivity index (χ4n) is 4.08. The highest BCUT2D eigenvalue weighted by molar-refractivity contribution is 6.02. The predicted molar refractivity (Wildman–Crippen MR) is 128 cm³/mol. The van der Waals surface area contributed by atoms with Gasteiger partial charge in [0.05, 0.1) is 30.5 Å². The molecule has 2 N–H and O–H groups in total. The Morgan fingerprint density at radius 2 is 1.97 bits per heavy atom. The number of carbonyl (C=O) groups is 3. The Morgan fingerprint density at radius 1 is 1.14 bits per heavy atom. The van der Waals surface area contributed by atoms with E-state index in [-0.39, 0.29) is 30.9 Å². The third kappa shape index (κ3) is 4.85. The van der Waals surface area contributed by atoms with Crippen molar-refractivity contribution in [3.8, 4) is 11.6 Å². The van der Waals surface area contributed by atoms with Crippen molar-refractivity contribution in [1.82, 2.24) is 19.8 Å². The van der Waals surface area contributed by atoms with Crippen LogP contribution in [0.4, 0.5) is 16.2 Å². The number of ketones is 1. The number of nitrogens with zero attached hydrogens (tertiary/aromatic N) is 4. The van der Waals surface area contributed by atoms with E-state index in [0.29, 0.717) is 65.8 Å². The van der Waals surface area contributed by atoms with Gasteiger partial charge in [0.25, 0.3) is 5.91 Å². The molecular weight excluding hydrogens is 452 g/mol. The molecule has 5 rings (SSSR count).